The summed E-state index contributed by atoms with van der Waals surface area (Å²) in [7, 11) is 0. The molecule has 1 atom stereocenters. The molecule has 0 fully saturated rings. The van der Waals surface area contributed by atoms with Crippen LogP contribution in [0, 0.1) is 10.5 Å². The topological polar surface area (TPSA) is 29.1 Å². The lowest BCUT2D eigenvalue weighted by Gasteiger charge is -2.07. The van der Waals surface area contributed by atoms with Crippen LogP contribution in [0.1, 0.15) is 12.5 Å². The lowest BCUT2D eigenvalue weighted by Crippen LogP contribution is -2.20. The standard InChI is InChI=1S/C10H11ClINO/c1-6-3-4-8(5-9(6)12)13-10(14)7(2)11/h3-5,7H,1-2H3,(H,13,14). The first kappa shape index (κ1) is 11.8. The predicted octanol–water partition coefficient (Wildman–Crippen LogP) is 3.17. The zero-order chi connectivity index (χ0) is 10.7. The van der Waals surface area contributed by atoms with Crippen molar-refractivity contribution in [3.63, 3.8) is 0 Å². The number of alkyl halides is 1. The lowest BCUT2D eigenvalue weighted by atomic mass is 10.2. The van der Waals surface area contributed by atoms with Crippen molar-refractivity contribution in [1.82, 2.24) is 0 Å². The van der Waals surface area contributed by atoms with Crippen LogP contribution >= 0.6 is 34.2 Å². The van der Waals surface area contributed by atoms with E-state index >= 15 is 0 Å². The van der Waals surface area contributed by atoms with Crippen molar-refractivity contribution >= 4 is 45.8 Å². The molecular weight excluding hydrogens is 312 g/mol. The zero-order valence-corrected chi connectivity index (χ0v) is 10.9. The van der Waals surface area contributed by atoms with Crippen LogP contribution in [-0.4, -0.2) is 11.3 Å². The van der Waals surface area contributed by atoms with Crippen molar-refractivity contribution in [1.29, 1.82) is 0 Å². The van der Waals surface area contributed by atoms with E-state index in [0.717, 1.165) is 9.26 Å². The summed E-state index contributed by atoms with van der Waals surface area (Å²) < 4.78 is 1.13. The van der Waals surface area contributed by atoms with Crippen LogP contribution in [0.2, 0.25) is 0 Å². The van der Waals surface area contributed by atoms with Crippen LogP contribution < -0.4 is 5.32 Å². The van der Waals surface area contributed by atoms with Crippen molar-refractivity contribution < 1.29 is 4.79 Å². The molecule has 1 rings (SSSR count). The van der Waals surface area contributed by atoms with Crippen LogP contribution in [0.4, 0.5) is 5.69 Å². The molecule has 76 valence electrons. The quantitative estimate of drug-likeness (QED) is 0.657. The molecule has 1 unspecified atom stereocenters. The fourth-order valence-corrected chi connectivity index (χ4v) is 1.48. The van der Waals surface area contributed by atoms with Gasteiger partial charge in [0, 0.05) is 9.26 Å². The van der Waals surface area contributed by atoms with Gasteiger partial charge in [0.1, 0.15) is 5.38 Å². The monoisotopic (exact) mass is 323 g/mol. The number of nitrogens with one attached hydrogen (secondary N) is 1. The van der Waals surface area contributed by atoms with Crippen LogP contribution in [0.25, 0.3) is 0 Å². The van der Waals surface area contributed by atoms with Gasteiger partial charge < -0.3 is 5.32 Å². The highest BCUT2D eigenvalue weighted by Crippen LogP contribution is 2.17. The third-order valence-corrected chi connectivity index (χ3v) is 3.16. The molecule has 0 aromatic heterocycles. The summed E-state index contributed by atoms with van der Waals surface area (Å²) in [6.07, 6.45) is 0. The molecule has 1 N–H and O–H groups in total. The van der Waals surface area contributed by atoms with Gasteiger partial charge in [-0.05, 0) is 54.1 Å². The Kier molecular flexibility index (Phi) is 4.19. The molecule has 0 aliphatic rings. The smallest absolute Gasteiger partial charge is 0.242 e. The molecule has 0 spiro atoms. The van der Waals surface area contributed by atoms with E-state index in [1.165, 1.54) is 5.56 Å². The number of anilines is 1. The molecule has 0 bridgehead atoms. The molecule has 0 radical (unpaired) electrons. The summed E-state index contributed by atoms with van der Waals surface area (Å²) >= 11 is 7.87. The van der Waals surface area contributed by atoms with Crippen molar-refractivity contribution in [3.05, 3.63) is 27.3 Å². The molecule has 0 aliphatic heterocycles. The Bertz CT molecular complexity index is 352. The predicted molar refractivity (Wildman–Crippen MR) is 67.8 cm³/mol. The number of carbonyl (C=O) groups is 1. The number of halogens is 2. The highest BCUT2D eigenvalue weighted by atomic mass is 127. The Morgan fingerprint density at radius 3 is 2.71 bits per heavy atom. The van der Waals surface area contributed by atoms with Gasteiger partial charge in [0.15, 0.2) is 0 Å². The first-order valence-corrected chi connectivity index (χ1v) is 5.73. The molecule has 14 heavy (non-hydrogen) atoms. The van der Waals surface area contributed by atoms with Crippen LogP contribution in [-0.2, 0) is 4.79 Å². The Labute approximate surface area is 102 Å². The van der Waals surface area contributed by atoms with Gasteiger partial charge >= 0.3 is 0 Å². The van der Waals surface area contributed by atoms with Gasteiger partial charge in [-0.2, -0.15) is 0 Å². The number of rotatable bonds is 2. The summed E-state index contributed by atoms with van der Waals surface area (Å²) in [5, 5.41) is 2.23. The maximum Gasteiger partial charge on any atom is 0.242 e. The molecule has 0 saturated heterocycles. The van der Waals surface area contributed by atoms with E-state index in [1.54, 1.807) is 6.92 Å². The van der Waals surface area contributed by atoms with Gasteiger partial charge in [-0.3, -0.25) is 4.79 Å². The van der Waals surface area contributed by atoms with Gasteiger partial charge in [-0.15, -0.1) is 11.6 Å². The molecule has 0 heterocycles. The largest absolute Gasteiger partial charge is 0.325 e. The SMILES string of the molecule is Cc1ccc(NC(=O)C(C)Cl)cc1I. The average molecular weight is 324 g/mol. The number of carbonyl (C=O) groups excluding carboxylic acids is 1. The number of aryl methyl sites for hydroxylation is 1. The van der Waals surface area contributed by atoms with Gasteiger partial charge in [0.05, 0.1) is 0 Å². The number of hydrogen-bond donors (Lipinski definition) is 1. The zero-order valence-electron chi connectivity index (χ0n) is 7.97. The second kappa shape index (κ2) is 4.98. The van der Waals surface area contributed by atoms with E-state index in [4.69, 9.17) is 11.6 Å². The molecule has 0 saturated carbocycles. The van der Waals surface area contributed by atoms with Crippen molar-refractivity contribution in [2.24, 2.45) is 0 Å². The highest BCUT2D eigenvalue weighted by molar-refractivity contribution is 14.1. The molecule has 2 nitrogen and oxygen atoms in total. The van der Waals surface area contributed by atoms with E-state index in [-0.39, 0.29) is 5.91 Å². The van der Waals surface area contributed by atoms with Gasteiger partial charge in [0.2, 0.25) is 5.91 Å². The summed E-state index contributed by atoms with van der Waals surface area (Å²) in [6.45, 7) is 3.67. The van der Waals surface area contributed by atoms with Crippen molar-refractivity contribution in [2.45, 2.75) is 19.2 Å². The molecule has 0 aliphatic carbocycles. The lowest BCUT2D eigenvalue weighted by molar-refractivity contribution is -0.115. The number of amides is 1. The highest BCUT2D eigenvalue weighted by Gasteiger charge is 2.09. The minimum atomic E-state index is -0.506. The summed E-state index contributed by atoms with van der Waals surface area (Å²) in [5.74, 6) is -0.175. The molecule has 1 amide bonds. The van der Waals surface area contributed by atoms with E-state index < -0.39 is 5.38 Å². The van der Waals surface area contributed by atoms with E-state index in [0.29, 0.717) is 0 Å². The van der Waals surface area contributed by atoms with Crippen LogP contribution in [0.3, 0.4) is 0 Å². The van der Waals surface area contributed by atoms with E-state index in [1.807, 2.05) is 25.1 Å². The summed E-state index contributed by atoms with van der Waals surface area (Å²) in [6, 6.07) is 5.76. The number of benzene rings is 1. The summed E-state index contributed by atoms with van der Waals surface area (Å²) in [4.78, 5) is 11.3. The van der Waals surface area contributed by atoms with Crippen molar-refractivity contribution in [2.75, 3.05) is 5.32 Å². The van der Waals surface area contributed by atoms with Gasteiger partial charge in [0.25, 0.3) is 0 Å². The fraction of sp³-hybridized carbons (Fsp3) is 0.300. The maximum absolute atomic E-state index is 11.3. The van der Waals surface area contributed by atoms with Crippen molar-refractivity contribution in [3.8, 4) is 0 Å². The molecule has 1 aromatic carbocycles. The molecule has 1 aromatic rings. The van der Waals surface area contributed by atoms with Gasteiger partial charge in [-0.25, -0.2) is 0 Å². The first-order valence-electron chi connectivity index (χ1n) is 4.22. The second-order valence-electron chi connectivity index (χ2n) is 3.07. The Hall–Kier alpha value is -0.290. The molecule has 4 heteroatoms. The normalized spacial score (nSPS) is 12.3. The third kappa shape index (κ3) is 3.13. The Morgan fingerprint density at radius 2 is 2.21 bits per heavy atom. The second-order valence-corrected chi connectivity index (χ2v) is 4.89. The third-order valence-electron chi connectivity index (χ3n) is 1.80. The van der Waals surface area contributed by atoms with Crippen LogP contribution in [0.5, 0.6) is 0 Å². The summed E-state index contributed by atoms with van der Waals surface area (Å²) in [5.41, 5.74) is 1.99. The van der Waals surface area contributed by atoms with Gasteiger partial charge in [-0.1, -0.05) is 6.07 Å². The Balaban J connectivity index is 2.78. The van der Waals surface area contributed by atoms with E-state index in [9.17, 15) is 4.79 Å². The van der Waals surface area contributed by atoms with Crippen LogP contribution in [0.15, 0.2) is 18.2 Å². The maximum atomic E-state index is 11.3. The minimum absolute atomic E-state index is 0.175. The van der Waals surface area contributed by atoms with E-state index in [2.05, 4.69) is 27.9 Å². The molecular formula is C10H11ClINO. The Morgan fingerprint density at radius 1 is 1.57 bits per heavy atom. The fourth-order valence-electron chi connectivity index (χ4n) is 0.912. The first-order chi connectivity index (χ1) is 6.50. The number of hydrogen-bond acceptors (Lipinski definition) is 1. The average Bonchev–Trinajstić information content (AvgIpc) is 2.11. The minimum Gasteiger partial charge on any atom is -0.325 e.